The first kappa shape index (κ1) is 19.8. The van der Waals surface area contributed by atoms with Gasteiger partial charge in [-0.3, -0.25) is 14.4 Å². The van der Waals surface area contributed by atoms with Crippen LogP contribution in [0.3, 0.4) is 0 Å². The van der Waals surface area contributed by atoms with E-state index in [4.69, 9.17) is 0 Å². The molecule has 0 aliphatic carbocycles. The molecule has 8 nitrogen and oxygen atoms in total. The highest BCUT2D eigenvalue weighted by atomic mass is 32.2. The molecule has 140 valence electrons. The van der Waals surface area contributed by atoms with Gasteiger partial charge in [-0.15, -0.1) is 0 Å². The van der Waals surface area contributed by atoms with Crippen molar-refractivity contribution in [2.24, 2.45) is 0 Å². The number of hydrogen-bond donors (Lipinski definition) is 3. The number of esters is 1. The summed E-state index contributed by atoms with van der Waals surface area (Å²) >= 11 is 1.54. The Hall–Kier alpha value is -2.55. The van der Waals surface area contributed by atoms with Gasteiger partial charge in [0.2, 0.25) is 11.8 Å². The number of fused-ring (bicyclic) bond motifs is 1. The minimum Gasteiger partial charge on any atom is -0.467 e. The summed E-state index contributed by atoms with van der Waals surface area (Å²) in [7, 11) is 1.25. The fourth-order valence-electron chi connectivity index (χ4n) is 2.52. The number of benzene rings is 1. The van der Waals surface area contributed by atoms with Crippen molar-refractivity contribution in [2.45, 2.75) is 24.9 Å². The molecule has 2 atom stereocenters. The lowest BCUT2D eigenvalue weighted by molar-refractivity contribution is -0.145. The standard InChI is InChI=1S/C17H21N3O5S/c1-25-17(24)12(7-8-26-2)18-14(21)9-13-16(23)19-11-6-4-3-5-10(11)15(22)20-13/h3-6,12-13H,7-9H2,1-2H3,(H,18,21)(H,19,23)(H,20,22). The average molecular weight is 379 g/mol. The topological polar surface area (TPSA) is 114 Å². The maximum atomic E-state index is 12.3. The van der Waals surface area contributed by atoms with Gasteiger partial charge < -0.3 is 20.7 Å². The lowest BCUT2D eigenvalue weighted by atomic mass is 10.1. The summed E-state index contributed by atoms with van der Waals surface area (Å²) in [5, 5.41) is 7.74. The molecule has 26 heavy (non-hydrogen) atoms. The second-order valence-corrected chi connectivity index (χ2v) is 6.68. The van der Waals surface area contributed by atoms with E-state index in [1.54, 1.807) is 24.3 Å². The van der Waals surface area contributed by atoms with Crippen LogP contribution in [0.2, 0.25) is 0 Å². The van der Waals surface area contributed by atoms with Crippen molar-refractivity contribution in [1.29, 1.82) is 0 Å². The number of hydrogen-bond acceptors (Lipinski definition) is 6. The smallest absolute Gasteiger partial charge is 0.328 e. The maximum Gasteiger partial charge on any atom is 0.328 e. The highest BCUT2D eigenvalue weighted by Crippen LogP contribution is 2.18. The van der Waals surface area contributed by atoms with Crippen LogP contribution in [0.25, 0.3) is 0 Å². The number of rotatable bonds is 7. The molecule has 1 aliphatic heterocycles. The van der Waals surface area contributed by atoms with Gasteiger partial charge in [-0.25, -0.2) is 4.79 Å². The third-order valence-corrected chi connectivity index (χ3v) is 4.52. The van der Waals surface area contributed by atoms with Gasteiger partial charge in [0.1, 0.15) is 12.1 Å². The largest absolute Gasteiger partial charge is 0.467 e. The van der Waals surface area contributed by atoms with E-state index < -0.39 is 35.8 Å². The van der Waals surface area contributed by atoms with Crippen LogP contribution in [-0.4, -0.2) is 54.9 Å². The zero-order chi connectivity index (χ0) is 19.1. The van der Waals surface area contributed by atoms with E-state index in [2.05, 4.69) is 20.7 Å². The number of nitrogens with one attached hydrogen (secondary N) is 3. The summed E-state index contributed by atoms with van der Waals surface area (Å²) in [5.74, 6) is -1.33. The lowest BCUT2D eigenvalue weighted by Gasteiger charge is -2.18. The van der Waals surface area contributed by atoms with E-state index in [1.165, 1.54) is 18.9 Å². The Kier molecular flexibility index (Phi) is 7.02. The van der Waals surface area contributed by atoms with Crippen LogP contribution in [0, 0.1) is 0 Å². The van der Waals surface area contributed by atoms with Crippen LogP contribution in [-0.2, 0) is 19.1 Å². The Morgan fingerprint density at radius 1 is 1.31 bits per heavy atom. The number of carbonyl (C=O) groups excluding carboxylic acids is 4. The Balaban J connectivity index is 2.03. The summed E-state index contributed by atoms with van der Waals surface area (Å²) in [6.45, 7) is 0. The van der Waals surface area contributed by atoms with Gasteiger partial charge in [0.05, 0.1) is 24.8 Å². The van der Waals surface area contributed by atoms with E-state index in [-0.39, 0.29) is 6.42 Å². The normalized spacial score (nSPS) is 17.2. The maximum absolute atomic E-state index is 12.3. The number of carbonyl (C=O) groups is 4. The molecule has 0 saturated heterocycles. The van der Waals surface area contributed by atoms with Crippen molar-refractivity contribution in [3.05, 3.63) is 29.8 Å². The first-order valence-corrected chi connectivity index (χ1v) is 9.42. The van der Waals surface area contributed by atoms with E-state index >= 15 is 0 Å². The van der Waals surface area contributed by atoms with Gasteiger partial charge in [0.15, 0.2) is 0 Å². The van der Waals surface area contributed by atoms with Gasteiger partial charge in [-0.2, -0.15) is 11.8 Å². The molecule has 0 spiro atoms. The Morgan fingerprint density at radius 3 is 2.73 bits per heavy atom. The van der Waals surface area contributed by atoms with E-state index in [1.807, 2.05) is 6.26 Å². The Morgan fingerprint density at radius 2 is 2.04 bits per heavy atom. The van der Waals surface area contributed by atoms with E-state index in [9.17, 15) is 19.2 Å². The molecule has 9 heteroatoms. The van der Waals surface area contributed by atoms with Crippen molar-refractivity contribution < 1.29 is 23.9 Å². The molecular weight excluding hydrogens is 358 g/mol. The second-order valence-electron chi connectivity index (χ2n) is 5.69. The minimum atomic E-state index is -1.03. The number of anilines is 1. The second kappa shape index (κ2) is 9.23. The van der Waals surface area contributed by atoms with Crippen molar-refractivity contribution >= 4 is 41.1 Å². The van der Waals surface area contributed by atoms with Gasteiger partial charge in [-0.05, 0) is 30.6 Å². The molecule has 1 heterocycles. The number of methoxy groups -OCH3 is 1. The predicted octanol–water partition coefficient (Wildman–Crippen LogP) is 0.538. The monoisotopic (exact) mass is 379 g/mol. The average Bonchev–Trinajstić information content (AvgIpc) is 2.74. The fourth-order valence-corrected chi connectivity index (χ4v) is 2.99. The van der Waals surface area contributed by atoms with Crippen LogP contribution >= 0.6 is 11.8 Å². The number of amides is 3. The van der Waals surface area contributed by atoms with Crippen LogP contribution in [0.4, 0.5) is 5.69 Å². The van der Waals surface area contributed by atoms with Crippen LogP contribution in [0.15, 0.2) is 24.3 Å². The first-order chi connectivity index (χ1) is 12.5. The van der Waals surface area contributed by atoms with E-state index in [0.29, 0.717) is 23.4 Å². The summed E-state index contributed by atoms with van der Waals surface area (Å²) in [4.78, 5) is 48.6. The first-order valence-electron chi connectivity index (χ1n) is 8.03. The minimum absolute atomic E-state index is 0.279. The zero-order valence-electron chi connectivity index (χ0n) is 14.5. The molecule has 1 aromatic carbocycles. The van der Waals surface area contributed by atoms with Crippen LogP contribution < -0.4 is 16.0 Å². The molecule has 0 fully saturated rings. The lowest BCUT2D eigenvalue weighted by Crippen LogP contribution is -2.48. The van der Waals surface area contributed by atoms with E-state index in [0.717, 1.165) is 0 Å². The summed E-state index contributed by atoms with van der Waals surface area (Å²) in [6.07, 6.45) is 2.02. The molecule has 1 aliphatic rings. The number of thioether (sulfide) groups is 1. The zero-order valence-corrected chi connectivity index (χ0v) is 15.4. The quantitative estimate of drug-likeness (QED) is 0.596. The highest BCUT2D eigenvalue weighted by molar-refractivity contribution is 7.98. The predicted molar refractivity (Wildman–Crippen MR) is 97.9 cm³/mol. The summed E-state index contributed by atoms with van der Waals surface area (Å²) in [5.41, 5.74) is 0.724. The molecule has 2 rings (SSSR count). The van der Waals surface area contributed by atoms with Crippen LogP contribution in [0.5, 0.6) is 0 Å². The molecule has 0 radical (unpaired) electrons. The van der Waals surface area contributed by atoms with Gasteiger partial charge in [0, 0.05) is 0 Å². The molecule has 2 unspecified atom stereocenters. The van der Waals surface area contributed by atoms with Gasteiger partial charge in [-0.1, -0.05) is 12.1 Å². The van der Waals surface area contributed by atoms with Crippen LogP contribution in [0.1, 0.15) is 23.2 Å². The number of para-hydroxylation sites is 1. The molecule has 0 saturated carbocycles. The third-order valence-electron chi connectivity index (χ3n) is 3.87. The molecular formula is C17H21N3O5S. The van der Waals surface area contributed by atoms with Gasteiger partial charge in [0.25, 0.3) is 5.91 Å². The molecule has 1 aromatic rings. The third kappa shape index (κ3) is 4.98. The highest BCUT2D eigenvalue weighted by Gasteiger charge is 2.30. The SMILES string of the molecule is COC(=O)C(CCSC)NC(=O)CC1NC(=O)c2ccccc2NC1=O. The van der Waals surface area contributed by atoms with Crippen molar-refractivity contribution in [3.63, 3.8) is 0 Å². The van der Waals surface area contributed by atoms with Crippen molar-refractivity contribution in [2.75, 3.05) is 24.4 Å². The summed E-state index contributed by atoms with van der Waals surface area (Å²) in [6, 6.07) is 4.76. The molecule has 0 bridgehead atoms. The number of ether oxygens (including phenoxy) is 1. The van der Waals surface area contributed by atoms with Crippen molar-refractivity contribution in [3.8, 4) is 0 Å². The molecule has 0 aromatic heterocycles. The fraction of sp³-hybridized carbons (Fsp3) is 0.412. The summed E-state index contributed by atoms with van der Waals surface area (Å²) < 4.78 is 4.69. The van der Waals surface area contributed by atoms with Gasteiger partial charge >= 0.3 is 5.97 Å². The molecule has 3 amide bonds. The van der Waals surface area contributed by atoms with Crippen molar-refractivity contribution in [1.82, 2.24) is 10.6 Å². The Bertz CT molecular complexity index is 709. The molecule has 3 N–H and O–H groups in total. The Labute approximate surface area is 155 Å².